The van der Waals surface area contributed by atoms with E-state index in [0.29, 0.717) is 30.1 Å². The van der Waals surface area contributed by atoms with Gasteiger partial charge in [-0.1, -0.05) is 85.0 Å². The van der Waals surface area contributed by atoms with Gasteiger partial charge in [0.05, 0.1) is 6.04 Å². The fourth-order valence-electron chi connectivity index (χ4n) is 5.26. The summed E-state index contributed by atoms with van der Waals surface area (Å²) in [6.45, 7) is 0. The third-order valence-electron chi connectivity index (χ3n) is 6.95. The van der Waals surface area contributed by atoms with E-state index in [9.17, 15) is 4.79 Å². The molecule has 3 nitrogen and oxygen atoms in total. The molecule has 4 atom stereocenters. The molecule has 3 aliphatic carbocycles. The Morgan fingerprint density at radius 3 is 2.16 bits per heavy atom. The van der Waals surface area contributed by atoms with E-state index in [2.05, 4.69) is 91.2 Å². The van der Waals surface area contributed by atoms with Crippen molar-refractivity contribution in [2.24, 2.45) is 28.7 Å². The number of carboxylic acids is 1. The van der Waals surface area contributed by atoms with Crippen LogP contribution in [0, 0.1) is 23.7 Å². The third-order valence-corrected chi connectivity index (χ3v) is 6.95. The van der Waals surface area contributed by atoms with E-state index in [1.807, 2.05) is 0 Å². The summed E-state index contributed by atoms with van der Waals surface area (Å²) in [6, 6.07) is 21.1. The monoisotopic (exact) mass is 427 g/mol. The van der Waals surface area contributed by atoms with Crippen molar-refractivity contribution in [3.63, 3.8) is 0 Å². The summed E-state index contributed by atoms with van der Waals surface area (Å²) in [5.74, 6) is 1.51. The maximum absolute atomic E-state index is 10.7. The van der Waals surface area contributed by atoms with Crippen molar-refractivity contribution in [2.75, 3.05) is 0 Å². The highest BCUT2D eigenvalue weighted by Gasteiger charge is 2.39. The molecule has 3 heteroatoms. The Labute approximate surface area is 191 Å². The van der Waals surface area contributed by atoms with Gasteiger partial charge in [-0.2, -0.15) is 0 Å². The third kappa shape index (κ3) is 5.64. The molecule has 2 bridgehead atoms. The number of rotatable bonds is 10. The Bertz CT molecular complexity index is 908. The molecular weight excluding hydrogens is 394 g/mol. The number of carboxylic acid groups (broad SMARTS) is 1. The zero-order chi connectivity index (χ0) is 22.2. The molecule has 0 spiro atoms. The van der Waals surface area contributed by atoms with Gasteiger partial charge < -0.3 is 5.11 Å². The van der Waals surface area contributed by atoms with Crippen LogP contribution >= 0.6 is 0 Å². The van der Waals surface area contributed by atoms with Crippen LogP contribution in [0.4, 0.5) is 0 Å². The average molecular weight is 428 g/mol. The van der Waals surface area contributed by atoms with E-state index in [0.717, 1.165) is 12.8 Å². The highest BCUT2D eigenvalue weighted by molar-refractivity contribution is 5.66. The predicted molar refractivity (Wildman–Crippen MR) is 131 cm³/mol. The van der Waals surface area contributed by atoms with Gasteiger partial charge in [0.2, 0.25) is 0 Å². The summed E-state index contributed by atoms with van der Waals surface area (Å²) in [6.07, 6.45) is 16.9. The molecule has 2 aromatic carbocycles. The van der Waals surface area contributed by atoms with Crippen LogP contribution in [-0.2, 0) is 4.79 Å². The van der Waals surface area contributed by atoms with Crippen LogP contribution in [0.3, 0.4) is 0 Å². The SMILES string of the molecule is O=C(O)CCC/C=C\C[C@H]1[C@H](/C=N\C(c2ccccc2)c2ccccc2)[C@H]2C=C[C@@H]1CC2. The summed E-state index contributed by atoms with van der Waals surface area (Å²) in [5.41, 5.74) is 2.45. The second-order valence-electron chi connectivity index (χ2n) is 9.05. The van der Waals surface area contributed by atoms with Gasteiger partial charge >= 0.3 is 5.97 Å². The maximum atomic E-state index is 10.7. The minimum absolute atomic E-state index is 0.0223. The van der Waals surface area contributed by atoms with Crippen molar-refractivity contribution in [1.29, 1.82) is 0 Å². The normalized spacial score (nSPS) is 24.7. The molecule has 5 rings (SSSR count). The topological polar surface area (TPSA) is 49.7 Å². The van der Waals surface area contributed by atoms with Crippen molar-refractivity contribution in [3.8, 4) is 0 Å². The Balaban J connectivity index is 1.50. The number of allylic oxidation sites excluding steroid dienone is 4. The van der Waals surface area contributed by atoms with Crippen molar-refractivity contribution < 1.29 is 9.90 Å². The van der Waals surface area contributed by atoms with Crippen LogP contribution in [0.1, 0.15) is 55.7 Å². The lowest BCUT2D eigenvalue weighted by Gasteiger charge is -2.43. The molecule has 2 aromatic rings. The van der Waals surface area contributed by atoms with Crippen molar-refractivity contribution in [3.05, 3.63) is 96.1 Å². The molecule has 0 unspecified atom stereocenters. The van der Waals surface area contributed by atoms with Gasteiger partial charge in [0.15, 0.2) is 0 Å². The molecule has 0 amide bonds. The van der Waals surface area contributed by atoms with E-state index < -0.39 is 5.97 Å². The molecule has 0 saturated heterocycles. The molecule has 0 heterocycles. The van der Waals surface area contributed by atoms with Gasteiger partial charge in [0.1, 0.15) is 0 Å². The number of nitrogens with zero attached hydrogens (tertiary/aromatic N) is 1. The van der Waals surface area contributed by atoms with Gasteiger partial charge in [-0.05, 0) is 61.0 Å². The van der Waals surface area contributed by atoms with Crippen LogP contribution in [-0.4, -0.2) is 17.3 Å². The van der Waals surface area contributed by atoms with Crippen molar-refractivity contribution in [1.82, 2.24) is 0 Å². The van der Waals surface area contributed by atoms with Gasteiger partial charge in [0, 0.05) is 18.6 Å². The second-order valence-corrected chi connectivity index (χ2v) is 9.05. The number of aliphatic carboxylic acids is 1. The highest BCUT2D eigenvalue weighted by atomic mass is 16.4. The molecule has 1 N–H and O–H groups in total. The zero-order valence-corrected chi connectivity index (χ0v) is 18.6. The molecular formula is C29H33NO2. The highest BCUT2D eigenvalue weighted by Crippen LogP contribution is 2.46. The summed E-state index contributed by atoms with van der Waals surface area (Å²) >= 11 is 0. The van der Waals surface area contributed by atoms with E-state index >= 15 is 0 Å². The van der Waals surface area contributed by atoms with Crippen molar-refractivity contribution in [2.45, 2.75) is 44.6 Å². The first kappa shape index (κ1) is 22.3. The standard InChI is InChI=1S/C29H33NO2/c31-28(32)16-10-2-1-9-15-26-22-17-19-23(20-18-22)27(26)21-30-29(24-11-5-3-6-12-24)25-13-7-4-8-14-25/h1,3-9,11-14,17,19,21-23,26-27,29H,2,10,15-16,18,20H2,(H,31,32)/b9-1-,30-21-/t22-,23+,26-,27-/m1/s1. The minimum atomic E-state index is -0.712. The van der Waals surface area contributed by atoms with E-state index in [1.54, 1.807) is 0 Å². The Kier molecular flexibility index (Phi) is 7.71. The maximum Gasteiger partial charge on any atom is 0.303 e. The minimum Gasteiger partial charge on any atom is -0.481 e. The fraction of sp³-hybridized carbons (Fsp3) is 0.379. The Hall–Kier alpha value is -2.94. The second kappa shape index (κ2) is 11.1. The molecule has 0 aliphatic heterocycles. The molecule has 166 valence electrons. The Morgan fingerprint density at radius 1 is 0.938 bits per heavy atom. The molecule has 32 heavy (non-hydrogen) atoms. The van der Waals surface area contributed by atoms with Crippen LogP contribution in [0.25, 0.3) is 0 Å². The number of hydrogen-bond donors (Lipinski definition) is 1. The smallest absolute Gasteiger partial charge is 0.303 e. The number of unbranched alkanes of at least 4 members (excludes halogenated alkanes) is 1. The van der Waals surface area contributed by atoms with Crippen LogP contribution in [0.15, 0.2) is 90.0 Å². The van der Waals surface area contributed by atoms with Crippen LogP contribution in [0.2, 0.25) is 0 Å². The summed E-state index contributed by atoms with van der Waals surface area (Å²) in [5, 5.41) is 8.80. The van der Waals surface area contributed by atoms with Crippen LogP contribution < -0.4 is 0 Å². The Morgan fingerprint density at radius 2 is 1.56 bits per heavy atom. The number of fused-ring (bicyclic) bond motifs is 2. The summed E-state index contributed by atoms with van der Waals surface area (Å²) in [4.78, 5) is 15.9. The first-order chi connectivity index (χ1) is 15.7. The van der Waals surface area contributed by atoms with Crippen LogP contribution in [0.5, 0.6) is 0 Å². The van der Waals surface area contributed by atoms with Gasteiger partial charge in [-0.15, -0.1) is 0 Å². The number of carbonyl (C=O) groups is 1. The first-order valence-electron chi connectivity index (χ1n) is 11.9. The van der Waals surface area contributed by atoms with E-state index in [4.69, 9.17) is 10.1 Å². The fourth-order valence-corrected chi connectivity index (χ4v) is 5.26. The summed E-state index contributed by atoms with van der Waals surface area (Å²) < 4.78 is 0. The molecule has 0 aromatic heterocycles. The number of hydrogen-bond acceptors (Lipinski definition) is 2. The lowest BCUT2D eigenvalue weighted by atomic mass is 9.61. The number of aliphatic imine (C=N–C) groups is 1. The summed E-state index contributed by atoms with van der Waals surface area (Å²) in [7, 11) is 0. The quantitative estimate of drug-likeness (QED) is 0.255. The van der Waals surface area contributed by atoms with E-state index in [-0.39, 0.29) is 12.5 Å². The van der Waals surface area contributed by atoms with E-state index in [1.165, 1.54) is 24.0 Å². The molecule has 1 saturated carbocycles. The lowest BCUT2D eigenvalue weighted by Crippen LogP contribution is -2.37. The molecule has 1 fully saturated rings. The lowest BCUT2D eigenvalue weighted by molar-refractivity contribution is -0.137. The first-order valence-corrected chi connectivity index (χ1v) is 11.9. The van der Waals surface area contributed by atoms with Gasteiger partial charge in [-0.3, -0.25) is 9.79 Å². The largest absolute Gasteiger partial charge is 0.481 e. The van der Waals surface area contributed by atoms with Gasteiger partial charge in [0.25, 0.3) is 0 Å². The molecule has 3 aliphatic rings. The zero-order valence-electron chi connectivity index (χ0n) is 18.6. The molecule has 0 radical (unpaired) electrons. The number of benzene rings is 2. The average Bonchev–Trinajstić information content (AvgIpc) is 2.84. The van der Waals surface area contributed by atoms with Gasteiger partial charge in [-0.25, -0.2) is 0 Å². The van der Waals surface area contributed by atoms with Crippen molar-refractivity contribution >= 4 is 12.2 Å². The predicted octanol–water partition coefficient (Wildman–Crippen LogP) is 6.88.